The minimum absolute atomic E-state index is 0. The van der Waals surface area contributed by atoms with E-state index in [1.54, 1.807) is 6.42 Å². The van der Waals surface area contributed by atoms with Crippen LogP contribution in [0.4, 0.5) is 0 Å². The summed E-state index contributed by atoms with van der Waals surface area (Å²) >= 11 is 0. The molecule has 0 nitrogen and oxygen atoms in total. The Bertz CT molecular complexity index is 131. The molecular weight excluding hydrogens is 132 g/mol. The Morgan fingerprint density at radius 2 is 1.36 bits per heavy atom. The second-order valence-corrected chi connectivity index (χ2v) is 5.29. The van der Waals surface area contributed by atoms with Crippen molar-refractivity contribution < 1.29 is 0 Å². The molecule has 0 heterocycles. The third-order valence-electron chi connectivity index (χ3n) is 3.47. The summed E-state index contributed by atoms with van der Waals surface area (Å²) in [5.74, 6) is 3.35. The van der Waals surface area contributed by atoms with Crippen molar-refractivity contribution in [2.24, 2.45) is 23.2 Å². The number of hydrogen-bond donors (Lipinski definition) is 0. The molecule has 66 valence electrons. The zero-order valence-electron chi connectivity index (χ0n) is 7.35. The van der Waals surface area contributed by atoms with Crippen molar-refractivity contribution in [3.63, 3.8) is 0 Å². The number of fused-ring (bicyclic) bond motifs is 1. The summed E-state index contributed by atoms with van der Waals surface area (Å²) < 4.78 is 0. The first-order valence-electron chi connectivity index (χ1n) is 4.57. The molecule has 2 aliphatic rings. The van der Waals surface area contributed by atoms with Gasteiger partial charge < -0.3 is 0 Å². The molecule has 2 unspecified atom stereocenters. The first-order chi connectivity index (χ1) is 4.57. The fourth-order valence-corrected chi connectivity index (χ4v) is 2.42. The summed E-state index contributed by atoms with van der Waals surface area (Å²) in [6.07, 6.45) is 4.63. The van der Waals surface area contributed by atoms with Gasteiger partial charge in [-0.3, -0.25) is 0 Å². The fraction of sp³-hybridized carbons (Fsp3) is 1.00. The molecule has 0 bridgehead atoms. The maximum atomic E-state index is 2.39. The lowest BCUT2D eigenvalue weighted by Gasteiger charge is -2.27. The van der Waals surface area contributed by atoms with Gasteiger partial charge in [-0.05, 0) is 42.4 Å². The molecule has 0 saturated heterocycles. The van der Waals surface area contributed by atoms with Gasteiger partial charge in [0.2, 0.25) is 0 Å². The Balaban J connectivity index is 0.000000605. The third kappa shape index (κ3) is 1.60. The van der Waals surface area contributed by atoms with Crippen LogP contribution in [0.1, 0.15) is 47.5 Å². The van der Waals surface area contributed by atoms with E-state index in [0.717, 1.165) is 17.8 Å². The zero-order chi connectivity index (χ0) is 7.35. The molecule has 0 amide bonds. The van der Waals surface area contributed by atoms with Crippen LogP contribution in [0.25, 0.3) is 0 Å². The zero-order valence-corrected chi connectivity index (χ0v) is 7.35. The van der Waals surface area contributed by atoms with Crippen LogP contribution in [0.5, 0.6) is 0 Å². The lowest BCUT2D eigenvalue weighted by atomic mass is 9.78. The molecule has 2 aliphatic carbocycles. The first-order valence-corrected chi connectivity index (χ1v) is 4.57. The summed E-state index contributed by atoms with van der Waals surface area (Å²) in [4.78, 5) is 0. The molecule has 0 aliphatic heterocycles. The predicted molar refractivity (Wildman–Crippen MR) is 50.5 cm³/mol. The highest BCUT2D eigenvalue weighted by Gasteiger charge is 2.48. The highest BCUT2D eigenvalue weighted by molar-refractivity contribution is 4.98. The molecule has 2 rings (SSSR count). The largest absolute Gasteiger partial charge is 0.0776 e. The number of hydrogen-bond acceptors (Lipinski definition) is 0. The maximum Gasteiger partial charge on any atom is -0.0354 e. The van der Waals surface area contributed by atoms with E-state index in [0.29, 0.717) is 5.41 Å². The normalized spacial score (nSPS) is 41.2. The molecule has 0 heteroatoms. The molecule has 0 radical (unpaired) electrons. The maximum absolute atomic E-state index is 2.39. The van der Waals surface area contributed by atoms with Crippen LogP contribution in [0.15, 0.2) is 0 Å². The van der Waals surface area contributed by atoms with Crippen LogP contribution in [-0.2, 0) is 0 Å². The van der Waals surface area contributed by atoms with E-state index in [2.05, 4.69) is 20.8 Å². The van der Waals surface area contributed by atoms with Crippen LogP contribution in [0, 0.1) is 23.2 Å². The Morgan fingerprint density at radius 1 is 0.909 bits per heavy atom. The van der Waals surface area contributed by atoms with Gasteiger partial charge in [0, 0.05) is 0 Å². The first kappa shape index (κ1) is 9.09. The summed E-state index contributed by atoms with van der Waals surface area (Å²) in [7, 11) is 0. The molecule has 0 aromatic rings. The van der Waals surface area contributed by atoms with E-state index in [1.807, 2.05) is 0 Å². The molecule has 0 aromatic carbocycles. The second kappa shape index (κ2) is 2.50. The van der Waals surface area contributed by atoms with E-state index >= 15 is 0 Å². The molecule has 0 aromatic heterocycles. The highest BCUT2D eigenvalue weighted by atomic mass is 14.5. The Labute approximate surface area is 71.4 Å². The second-order valence-electron chi connectivity index (χ2n) is 5.29. The van der Waals surface area contributed by atoms with Gasteiger partial charge in [-0.1, -0.05) is 28.2 Å². The summed E-state index contributed by atoms with van der Waals surface area (Å²) in [6, 6.07) is 0. The van der Waals surface area contributed by atoms with Gasteiger partial charge in [0.05, 0.1) is 0 Å². The summed E-state index contributed by atoms with van der Waals surface area (Å²) in [5, 5.41) is 0. The van der Waals surface area contributed by atoms with Gasteiger partial charge in [-0.15, -0.1) is 0 Å². The lowest BCUT2D eigenvalue weighted by Crippen LogP contribution is -2.18. The van der Waals surface area contributed by atoms with Crippen molar-refractivity contribution in [1.29, 1.82) is 0 Å². The quantitative estimate of drug-likeness (QED) is 0.499. The van der Waals surface area contributed by atoms with Crippen molar-refractivity contribution in [2.45, 2.75) is 47.5 Å². The lowest BCUT2D eigenvalue weighted by molar-refractivity contribution is 0.227. The predicted octanol–water partition coefficient (Wildman–Crippen LogP) is 3.71. The van der Waals surface area contributed by atoms with Crippen LogP contribution in [-0.4, -0.2) is 0 Å². The van der Waals surface area contributed by atoms with Crippen molar-refractivity contribution in [3.8, 4) is 0 Å². The Kier molecular flexibility index (Phi) is 2.07. The van der Waals surface area contributed by atoms with Crippen LogP contribution >= 0.6 is 0 Å². The molecule has 0 N–H and O–H groups in total. The molecule has 2 fully saturated rings. The van der Waals surface area contributed by atoms with Gasteiger partial charge in [0.1, 0.15) is 0 Å². The smallest absolute Gasteiger partial charge is 0.0354 e. The highest BCUT2D eigenvalue weighted by Crippen LogP contribution is 2.58. The van der Waals surface area contributed by atoms with Crippen molar-refractivity contribution in [1.82, 2.24) is 0 Å². The van der Waals surface area contributed by atoms with Gasteiger partial charge in [-0.25, -0.2) is 0 Å². The van der Waals surface area contributed by atoms with Gasteiger partial charge in [0.15, 0.2) is 0 Å². The van der Waals surface area contributed by atoms with E-state index in [-0.39, 0.29) is 7.43 Å². The topological polar surface area (TPSA) is 0 Å². The SMILES string of the molecule is C.CC(C)(C)C1CC2CC2C1. The Morgan fingerprint density at radius 3 is 1.64 bits per heavy atom. The fourth-order valence-electron chi connectivity index (χ4n) is 2.42. The van der Waals surface area contributed by atoms with E-state index in [4.69, 9.17) is 0 Å². The summed E-state index contributed by atoms with van der Waals surface area (Å²) in [5.41, 5.74) is 0.591. The molecule has 11 heavy (non-hydrogen) atoms. The van der Waals surface area contributed by atoms with Gasteiger partial charge in [-0.2, -0.15) is 0 Å². The molecule has 2 atom stereocenters. The van der Waals surface area contributed by atoms with Crippen molar-refractivity contribution >= 4 is 0 Å². The molecular formula is C11H22. The molecule has 0 spiro atoms. The average molecular weight is 154 g/mol. The summed E-state index contributed by atoms with van der Waals surface area (Å²) in [6.45, 7) is 7.17. The average Bonchev–Trinajstić information content (AvgIpc) is 2.38. The van der Waals surface area contributed by atoms with E-state index < -0.39 is 0 Å². The van der Waals surface area contributed by atoms with Crippen molar-refractivity contribution in [3.05, 3.63) is 0 Å². The third-order valence-corrected chi connectivity index (χ3v) is 3.47. The van der Waals surface area contributed by atoms with Crippen LogP contribution in [0.3, 0.4) is 0 Å². The van der Waals surface area contributed by atoms with Crippen LogP contribution < -0.4 is 0 Å². The number of rotatable bonds is 0. The minimum Gasteiger partial charge on any atom is -0.0776 e. The standard InChI is InChI=1S/C10H18.CH4/c1-10(2,3)9-5-7-4-8(7)6-9;/h7-9H,4-6H2,1-3H3;1H4. The van der Waals surface area contributed by atoms with Gasteiger partial charge >= 0.3 is 0 Å². The monoisotopic (exact) mass is 154 g/mol. The van der Waals surface area contributed by atoms with Crippen LogP contribution in [0.2, 0.25) is 0 Å². The van der Waals surface area contributed by atoms with Gasteiger partial charge in [0.25, 0.3) is 0 Å². The van der Waals surface area contributed by atoms with E-state index in [1.165, 1.54) is 12.8 Å². The van der Waals surface area contributed by atoms with E-state index in [9.17, 15) is 0 Å². The van der Waals surface area contributed by atoms with Crippen molar-refractivity contribution in [2.75, 3.05) is 0 Å². The molecule has 2 saturated carbocycles. The minimum atomic E-state index is 0. The Hall–Kier alpha value is 0.